The van der Waals surface area contributed by atoms with E-state index < -0.39 is 5.97 Å². The number of phenols is 1. The molecule has 168 valence electrons. The Morgan fingerprint density at radius 1 is 0.912 bits per heavy atom. The standard InChI is InChI=1S/C27H19ClN2O4/c28-23-15-25-24(14-22(23)19-8-6-18(7-9-19)17-4-2-1-3-5-17)29-27(30-25)34-21-11-16(12-26(32)33)10-20(31)13-21/h1-11,13-15,31H,12H2,(H,29,30)(H,32,33). The summed E-state index contributed by atoms with van der Waals surface area (Å²) < 4.78 is 5.75. The van der Waals surface area contributed by atoms with E-state index in [4.69, 9.17) is 21.4 Å². The van der Waals surface area contributed by atoms with Crippen molar-refractivity contribution in [2.45, 2.75) is 6.42 Å². The van der Waals surface area contributed by atoms with Crippen LogP contribution in [0.25, 0.3) is 33.3 Å². The molecule has 0 saturated heterocycles. The molecule has 0 bridgehead atoms. The first-order valence-corrected chi connectivity index (χ1v) is 10.9. The second-order valence-electron chi connectivity index (χ2n) is 7.84. The lowest BCUT2D eigenvalue weighted by Gasteiger charge is -2.07. The molecule has 0 spiro atoms. The summed E-state index contributed by atoms with van der Waals surface area (Å²) in [4.78, 5) is 18.5. The topological polar surface area (TPSA) is 95.4 Å². The van der Waals surface area contributed by atoms with Gasteiger partial charge in [-0.2, -0.15) is 4.98 Å². The van der Waals surface area contributed by atoms with Crippen LogP contribution in [-0.2, 0) is 11.2 Å². The number of hydrogen-bond acceptors (Lipinski definition) is 4. The number of aromatic nitrogens is 2. The number of hydrogen-bond donors (Lipinski definition) is 3. The van der Waals surface area contributed by atoms with Crippen LogP contribution in [0, 0.1) is 0 Å². The average Bonchev–Trinajstić information content (AvgIpc) is 3.19. The first kappa shape index (κ1) is 21.6. The normalized spacial score (nSPS) is 11.0. The fourth-order valence-electron chi connectivity index (χ4n) is 3.84. The van der Waals surface area contributed by atoms with Crippen LogP contribution < -0.4 is 4.74 Å². The number of aliphatic carboxylic acids is 1. The molecule has 5 rings (SSSR count). The van der Waals surface area contributed by atoms with Crippen LogP contribution in [0.15, 0.2) is 84.9 Å². The Bertz CT molecular complexity index is 1500. The van der Waals surface area contributed by atoms with Crippen molar-refractivity contribution in [3.8, 4) is 39.8 Å². The Kier molecular flexibility index (Phi) is 5.65. The van der Waals surface area contributed by atoms with Crippen molar-refractivity contribution < 1.29 is 19.7 Å². The first-order chi connectivity index (χ1) is 16.4. The first-order valence-electron chi connectivity index (χ1n) is 10.5. The van der Waals surface area contributed by atoms with Gasteiger partial charge in [0.05, 0.1) is 22.5 Å². The van der Waals surface area contributed by atoms with Crippen LogP contribution in [0.2, 0.25) is 5.02 Å². The zero-order valence-corrected chi connectivity index (χ0v) is 18.6. The highest BCUT2D eigenvalue weighted by Crippen LogP contribution is 2.34. The third-order valence-corrected chi connectivity index (χ3v) is 5.69. The summed E-state index contributed by atoms with van der Waals surface area (Å²) in [6.45, 7) is 0. The van der Waals surface area contributed by atoms with Crippen molar-refractivity contribution in [2.24, 2.45) is 0 Å². The number of nitrogens with zero attached hydrogens (tertiary/aromatic N) is 1. The van der Waals surface area contributed by atoms with Gasteiger partial charge in [-0.25, -0.2) is 0 Å². The number of carboxylic acid groups (broad SMARTS) is 1. The molecule has 0 saturated carbocycles. The number of H-pyrrole nitrogens is 1. The van der Waals surface area contributed by atoms with E-state index in [1.54, 1.807) is 12.1 Å². The molecule has 0 radical (unpaired) electrons. The Balaban J connectivity index is 1.43. The lowest BCUT2D eigenvalue weighted by Crippen LogP contribution is -2.00. The Labute approximate surface area is 200 Å². The number of rotatable bonds is 6. The van der Waals surface area contributed by atoms with Gasteiger partial charge in [0.25, 0.3) is 6.01 Å². The van der Waals surface area contributed by atoms with E-state index in [1.165, 1.54) is 12.1 Å². The Hall–Kier alpha value is -4.29. The van der Waals surface area contributed by atoms with E-state index in [0.29, 0.717) is 21.6 Å². The summed E-state index contributed by atoms with van der Waals surface area (Å²) in [5.41, 5.74) is 5.83. The number of benzene rings is 4. The second-order valence-corrected chi connectivity index (χ2v) is 8.25. The molecule has 6 nitrogen and oxygen atoms in total. The molecule has 3 N–H and O–H groups in total. The zero-order valence-electron chi connectivity index (χ0n) is 17.8. The van der Waals surface area contributed by atoms with Gasteiger partial charge in [0.1, 0.15) is 11.5 Å². The zero-order chi connectivity index (χ0) is 23.7. The van der Waals surface area contributed by atoms with Crippen LogP contribution in [0.5, 0.6) is 17.5 Å². The molecular formula is C27H19ClN2O4. The molecule has 0 fully saturated rings. The minimum atomic E-state index is -1.00. The maximum atomic E-state index is 11.0. The lowest BCUT2D eigenvalue weighted by atomic mass is 10.00. The third-order valence-electron chi connectivity index (χ3n) is 5.37. The number of halogens is 1. The van der Waals surface area contributed by atoms with Crippen LogP contribution >= 0.6 is 11.6 Å². The molecule has 0 aliphatic rings. The molecule has 0 atom stereocenters. The highest BCUT2D eigenvalue weighted by molar-refractivity contribution is 6.34. The van der Waals surface area contributed by atoms with E-state index in [-0.39, 0.29) is 23.9 Å². The summed E-state index contributed by atoms with van der Waals surface area (Å²) in [7, 11) is 0. The number of carboxylic acids is 1. The van der Waals surface area contributed by atoms with Crippen LogP contribution in [0.3, 0.4) is 0 Å². The van der Waals surface area contributed by atoms with Gasteiger partial charge >= 0.3 is 5.97 Å². The number of aromatic hydroxyl groups is 1. The van der Waals surface area contributed by atoms with Crippen LogP contribution in [-0.4, -0.2) is 26.2 Å². The highest BCUT2D eigenvalue weighted by atomic mass is 35.5. The van der Waals surface area contributed by atoms with Gasteiger partial charge < -0.3 is 19.9 Å². The quantitative estimate of drug-likeness (QED) is 0.257. The van der Waals surface area contributed by atoms with Gasteiger partial charge in [0.15, 0.2) is 0 Å². The maximum absolute atomic E-state index is 11.0. The van der Waals surface area contributed by atoms with E-state index in [0.717, 1.165) is 22.3 Å². The molecule has 34 heavy (non-hydrogen) atoms. The number of carbonyl (C=O) groups is 1. The Morgan fingerprint density at radius 2 is 1.62 bits per heavy atom. The molecular weight excluding hydrogens is 452 g/mol. The second kappa shape index (κ2) is 8.92. The largest absolute Gasteiger partial charge is 0.508 e. The smallest absolute Gasteiger partial charge is 0.307 e. The van der Waals surface area contributed by atoms with Gasteiger partial charge in [-0.3, -0.25) is 4.79 Å². The van der Waals surface area contributed by atoms with Gasteiger partial charge in [0, 0.05) is 11.6 Å². The number of fused-ring (bicyclic) bond motifs is 1. The van der Waals surface area contributed by atoms with Gasteiger partial charge in [-0.05, 0) is 46.5 Å². The van der Waals surface area contributed by atoms with Crippen molar-refractivity contribution >= 4 is 28.6 Å². The summed E-state index contributed by atoms with van der Waals surface area (Å²) >= 11 is 6.58. The molecule has 0 amide bonds. The fraction of sp³-hybridized carbons (Fsp3) is 0.0370. The van der Waals surface area contributed by atoms with E-state index in [2.05, 4.69) is 34.2 Å². The van der Waals surface area contributed by atoms with Crippen molar-refractivity contribution in [1.29, 1.82) is 0 Å². The molecule has 5 aromatic rings. The summed E-state index contributed by atoms with van der Waals surface area (Å²) in [5, 5.41) is 19.5. The minimum absolute atomic E-state index is 0.0888. The SMILES string of the molecule is O=C(O)Cc1cc(O)cc(Oc2nc3cc(-c4ccc(-c5ccccc5)cc4)c(Cl)cc3[nH]2)c1. The summed E-state index contributed by atoms with van der Waals surface area (Å²) in [6.07, 6.45) is -0.229. The fourth-order valence-corrected chi connectivity index (χ4v) is 4.11. The number of aromatic amines is 1. The molecule has 1 aromatic heterocycles. The van der Waals surface area contributed by atoms with Crippen molar-refractivity contribution in [3.63, 3.8) is 0 Å². The number of imidazole rings is 1. The predicted octanol–water partition coefficient (Wildman–Crippen LogP) is 6.68. The van der Waals surface area contributed by atoms with Crippen molar-refractivity contribution in [1.82, 2.24) is 9.97 Å². The van der Waals surface area contributed by atoms with Crippen LogP contribution in [0.4, 0.5) is 0 Å². The molecule has 0 unspecified atom stereocenters. The lowest BCUT2D eigenvalue weighted by molar-refractivity contribution is -0.136. The van der Waals surface area contributed by atoms with Crippen molar-refractivity contribution in [3.05, 3.63) is 95.5 Å². The Morgan fingerprint density at radius 3 is 2.35 bits per heavy atom. The molecule has 4 aromatic carbocycles. The third kappa shape index (κ3) is 4.58. The van der Waals surface area contributed by atoms with Gasteiger partial charge in [-0.15, -0.1) is 0 Å². The van der Waals surface area contributed by atoms with Crippen molar-refractivity contribution in [2.75, 3.05) is 0 Å². The molecule has 0 aliphatic heterocycles. The molecule has 7 heteroatoms. The van der Waals surface area contributed by atoms with Gasteiger partial charge in [-0.1, -0.05) is 66.2 Å². The maximum Gasteiger partial charge on any atom is 0.307 e. The molecule has 0 aliphatic carbocycles. The summed E-state index contributed by atoms with van der Waals surface area (Å²) in [6, 6.07) is 26.5. The van der Waals surface area contributed by atoms with E-state index in [9.17, 15) is 9.90 Å². The van der Waals surface area contributed by atoms with E-state index >= 15 is 0 Å². The number of ether oxygens (including phenoxy) is 1. The average molecular weight is 471 g/mol. The number of nitrogens with one attached hydrogen (secondary N) is 1. The van der Waals surface area contributed by atoms with Crippen LogP contribution in [0.1, 0.15) is 5.56 Å². The number of phenolic OH excluding ortho intramolecular Hbond substituents is 1. The minimum Gasteiger partial charge on any atom is -0.508 e. The molecule has 1 heterocycles. The highest BCUT2D eigenvalue weighted by Gasteiger charge is 2.12. The van der Waals surface area contributed by atoms with Gasteiger partial charge in [0.2, 0.25) is 0 Å². The predicted molar refractivity (Wildman–Crippen MR) is 131 cm³/mol. The summed E-state index contributed by atoms with van der Waals surface area (Å²) in [5.74, 6) is -0.813. The monoisotopic (exact) mass is 470 g/mol. The van der Waals surface area contributed by atoms with E-state index in [1.807, 2.05) is 36.4 Å².